The molecule has 21 heavy (non-hydrogen) atoms. The molecule has 2 rings (SSSR count). The van der Waals surface area contributed by atoms with Gasteiger partial charge in [0.05, 0.1) is 16.6 Å². The van der Waals surface area contributed by atoms with E-state index in [1.54, 1.807) is 0 Å². The van der Waals surface area contributed by atoms with Crippen LogP contribution in [0.5, 0.6) is 0 Å². The number of benzene rings is 1. The quantitative estimate of drug-likeness (QED) is 0.836. The summed E-state index contributed by atoms with van der Waals surface area (Å²) in [6.07, 6.45) is 1.25. The fourth-order valence-electron chi connectivity index (χ4n) is 2.24. The summed E-state index contributed by atoms with van der Waals surface area (Å²) in [7, 11) is -3.70. The number of aromatic carboxylic acids is 1. The third kappa shape index (κ3) is 4.03. The van der Waals surface area contributed by atoms with Gasteiger partial charge < -0.3 is 9.84 Å². The van der Waals surface area contributed by atoms with E-state index in [4.69, 9.17) is 9.84 Å². The van der Waals surface area contributed by atoms with Crippen molar-refractivity contribution < 1.29 is 23.1 Å². The first kappa shape index (κ1) is 16.4. The molecule has 2 N–H and O–H groups in total. The third-order valence-electron chi connectivity index (χ3n) is 3.28. The van der Waals surface area contributed by atoms with Gasteiger partial charge >= 0.3 is 5.97 Å². The van der Waals surface area contributed by atoms with Gasteiger partial charge in [0, 0.05) is 17.1 Å². The van der Waals surface area contributed by atoms with E-state index in [-0.39, 0.29) is 27.1 Å². The van der Waals surface area contributed by atoms with E-state index >= 15 is 0 Å². The van der Waals surface area contributed by atoms with Gasteiger partial charge in [0.15, 0.2) is 0 Å². The van der Waals surface area contributed by atoms with Crippen LogP contribution in [0.2, 0.25) is 0 Å². The Balaban J connectivity index is 2.21. The van der Waals surface area contributed by atoms with Crippen LogP contribution in [0, 0.1) is 0 Å². The first-order chi connectivity index (χ1) is 9.79. The number of carbonyl (C=O) groups is 1. The molecule has 1 heterocycles. The van der Waals surface area contributed by atoms with Crippen molar-refractivity contribution >= 4 is 31.9 Å². The molecule has 1 fully saturated rings. The molecule has 0 saturated carbocycles. The van der Waals surface area contributed by atoms with Gasteiger partial charge in [0.1, 0.15) is 0 Å². The van der Waals surface area contributed by atoms with Gasteiger partial charge in [0.25, 0.3) is 0 Å². The van der Waals surface area contributed by atoms with Gasteiger partial charge in [-0.25, -0.2) is 17.9 Å². The monoisotopic (exact) mass is 377 g/mol. The lowest BCUT2D eigenvalue weighted by atomic mass is 10.1. The molecule has 116 valence electrons. The van der Waals surface area contributed by atoms with E-state index < -0.39 is 16.0 Å². The third-order valence-corrected chi connectivity index (χ3v) is 5.77. The zero-order valence-corrected chi connectivity index (χ0v) is 13.8. The zero-order valence-electron chi connectivity index (χ0n) is 11.4. The van der Waals surface area contributed by atoms with Crippen molar-refractivity contribution in [2.24, 2.45) is 0 Å². The highest BCUT2D eigenvalue weighted by Gasteiger charge is 2.26. The first-order valence-corrected chi connectivity index (χ1v) is 8.74. The van der Waals surface area contributed by atoms with Crippen LogP contribution in [0.4, 0.5) is 0 Å². The van der Waals surface area contributed by atoms with Crippen molar-refractivity contribution in [3.63, 3.8) is 0 Å². The highest BCUT2D eigenvalue weighted by Crippen LogP contribution is 2.24. The number of hydrogen-bond acceptors (Lipinski definition) is 4. The number of nitrogens with one attached hydrogen (secondary N) is 1. The second-order valence-corrected chi connectivity index (χ2v) is 7.51. The molecule has 0 aliphatic carbocycles. The van der Waals surface area contributed by atoms with Crippen molar-refractivity contribution in [3.05, 3.63) is 28.2 Å². The maximum absolute atomic E-state index is 12.4. The maximum atomic E-state index is 12.4. The van der Waals surface area contributed by atoms with E-state index in [1.807, 2.05) is 6.92 Å². The van der Waals surface area contributed by atoms with E-state index in [1.165, 1.54) is 18.2 Å². The normalized spacial score (nSPS) is 23.0. The summed E-state index contributed by atoms with van der Waals surface area (Å²) in [5.74, 6) is -1.11. The summed E-state index contributed by atoms with van der Waals surface area (Å²) in [6, 6.07) is 3.67. The Morgan fingerprint density at radius 3 is 2.76 bits per heavy atom. The topological polar surface area (TPSA) is 92.7 Å². The maximum Gasteiger partial charge on any atom is 0.335 e. The first-order valence-electron chi connectivity index (χ1n) is 6.46. The van der Waals surface area contributed by atoms with Crippen LogP contribution in [-0.2, 0) is 14.8 Å². The van der Waals surface area contributed by atoms with Gasteiger partial charge in [-0.3, -0.25) is 0 Å². The molecule has 8 heteroatoms. The van der Waals surface area contributed by atoms with Gasteiger partial charge in [-0.2, -0.15) is 0 Å². The Bertz CT molecular complexity index is 646. The number of halogens is 1. The van der Waals surface area contributed by atoms with Crippen LogP contribution in [0.1, 0.15) is 30.1 Å². The van der Waals surface area contributed by atoms with E-state index in [2.05, 4.69) is 20.7 Å². The Morgan fingerprint density at radius 2 is 2.19 bits per heavy atom. The van der Waals surface area contributed by atoms with Crippen LogP contribution in [0.15, 0.2) is 27.6 Å². The average Bonchev–Trinajstić information content (AvgIpc) is 2.37. The van der Waals surface area contributed by atoms with Crippen LogP contribution in [0.25, 0.3) is 0 Å². The van der Waals surface area contributed by atoms with Gasteiger partial charge in [-0.15, -0.1) is 0 Å². The molecule has 2 atom stereocenters. The summed E-state index contributed by atoms with van der Waals surface area (Å²) in [5, 5.41) is 8.89. The molecule has 1 saturated heterocycles. The molecular weight excluding hydrogens is 362 g/mol. The summed E-state index contributed by atoms with van der Waals surface area (Å²) in [6.45, 7) is 2.42. The van der Waals surface area contributed by atoms with Gasteiger partial charge in [-0.1, -0.05) is 0 Å². The molecule has 2 unspecified atom stereocenters. The van der Waals surface area contributed by atoms with E-state index in [0.717, 1.165) is 0 Å². The van der Waals surface area contributed by atoms with Crippen molar-refractivity contribution in [1.29, 1.82) is 0 Å². The Kier molecular flexibility index (Phi) is 5.03. The molecule has 6 nitrogen and oxygen atoms in total. The van der Waals surface area contributed by atoms with Gasteiger partial charge in [0.2, 0.25) is 10.0 Å². The van der Waals surface area contributed by atoms with E-state index in [0.29, 0.717) is 19.4 Å². The number of rotatable bonds is 4. The Hall–Kier alpha value is -0.960. The molecule has 0 amide bonds. The van der Waals surface area contributed by atoms with Crippen molar-refractivity contribution in [1.82, 2.24) is 4.72 Å². The Morgan fingerprint density at radius 1 is 1.48 bits per heavy atom. The fourth-order valence-corrected chi connectivity index (χ4v) is 4.60. The highest BCUT2D eigenvalue weighted by molar-refractivity contribution is 9.10. The molecule has 1 aromatic carbocycles. The molecule has 0 bridgehead atoms. The standard InChI is InChI=1S/C13H16BrNO5S/c1-8-6-10(4-5-20-8)15-21(18,19)12-3-2-9(13(16)17)7-11(12)14/h2-3,7-8,10,15H,4-6H2,1H3,(H,16,17). The largest absolute Gasteiger partial charge is 0.478 e. The number of hydrogen-bond donors (Lipinski definition) is 2. The molecule has 0 radical (unpaired) electrons. The lowest BCUT2D eigenvalue weighted by molar-refractivity contribution is 0.0173. The second kappa shape index (κ2) is 6.43. The van der Waals surface area contributed by atoms with Crippen LogP contribution in [-0.4, -0.2) is 38.2 Å². The molecule has 1 aliphatic rings. The smallest absolute Gasteiger partial charge is 0.335 e. The van der Waals surface area contributed by atoms with Crippen LogP contribution in [0.3, 0.4) is 0 Å². The number of carboxylic acids is 1. The molecule has 1 aromatic rings. The molecule has 1 aliphatic heterocycles. The minimum atomic E-state index is -3.70. The minimum Gasteiger partial charge on any atom is -0.478 e. The molecular formula is C13H16BrNO5S. The van der Waals surface area contributed by atoms with E-state index in [9.17, 15) is 13.2 Å². The Labute approximate surface area is 131 Å². The van der Waals surface area contributed by atoms with Crippen LogP contribution >= 0.6 is 15.9 Å². The van der Waals surface area contributed by atoms with Crippen LogP contribution < -0.4 is 4.72 Å². The second-order valence-electron chi connectivity index (χ2n) is 4.97. The molecule has 0 spiro atoms. The minimum absolute atomic E-state index is 0.0178. The van der Waals surface area contributed by atoms with Crippen molar-refractivity contribution in [2.45, 2.75) is 36.8 Å². The summed E-state index contributed by atoms with van der Waals surface area (Å²) >= 11 is 3.12. The molecule has 0 aromatic heterocycles. The fraction of sp³-hybridized carbons (Fsp3) is 0.462. The lowest BCUT2D eigenvalue weighted by Crippen LogP contribution is -2.41. The predicted octanol–water partition coefficient (Wildman–Crippen LogP) is 1.99. The average molecular weight is 378 g/mol. The van der Waals surface area contributed by atoms with Crippen molar-refractivity contribution in [2.75, 3.05) is 6.61 Å². The summed E-state index contributed by atoms with van der Waals surface area (Å²) < 4.78 is 33.0. The number of sulfonamides is 1. The number of carboxylic acid groups (broad SMARTS) is 1. The summed E-state index contributed by atoms with van der Waals surface area (Å²) in [5.41, 5.74) is 0.0283. The SMILES string of the molecule is CC1CC(NS(=O)(=O)c2ccc(C(=O)O)cc2Br)CCO1. The van der Waals surface area contributed by atoms with Crippen molar-refractivity contribution in [3.8, 4) is 0 Å². The summed E-state index contributed by atoms with van der Waals surface area (Å²) in [4.78, 5) is 10.9. The predicted molar refractivity (Wildman–Crippen MR) is 79.9 cm³/mol. The number of ether oxygens (including phenoxy) is 1. The highest BCUT2D eigenvalue weighted by atomic mass is 79.9. The zero-order chi connectivity index (χ0) is 15.6. The lowest BCUT2D eigenvalue weighted by Gasteiger charge is -2.27. The van der Waals surface area contributed by atoms with Gasteiger partial charge in [-0.05, 0) is 53.9 Å².